The summed E-state index contributed by atoms with van der Waals surface area (Å²) in [5.74, 6) is 4.22. The number of thioether (sulfide) groups is 1. The maximum absolute atomic E-state index is 12.4. The molecule has 1 atom stereocenters. The Balaban J connectivity index is 1.89. The predicted octanol–water partition coefficient (Wildman–Crippen LogP) is 1.70. The molecule has 2 fully saturated rings. The number of aliphatic imine (C=N–C) groups is 1. The summed E-state index contributed by atoms with van der Waals surface area (Å²) in [6.45, 7) is 11.1. The summed E-state index contributed by atoms with van der Waals surface area (Å²) in [7, 11) is -3.18. The van der Waals surface area contributed by atoms with Crippen molar-refractivity contribution in [3.05, 3.63) is 0 Å². The quantitative estimate of drug-likeness (QED) is 0.529. The first-order valence-electron chi connectivity index (χ1n) is 9.51. The Kier molecular flexibility index (Phi) is 8.35. The average molecular weight is 391 g/mol. The first kappa shape index (κ1) is 20.8. The molecular weight excluding hydrogens is 356 g/mol. The van der Waals surface area contributed by atoms with Gasteiger partial charge in [-0.3, -0.25) is 4.99 Å². The average Bonchev–Trinajstić information content (AvgIpc) is 3.02. The van der Waals surface area contributed by atoms with Crippen LogP contribution < -0.4 is 5.32 Å². The lowest BCUT2D eigenvalue weighted by Gasteiger charge is -2.25. The molecule has 0 aliphatic carbocycles. The zero-order valence-electron chi connectivity index (χ0n) is 15.9. The van der Waals surface area contributed by atoms with Crippen molar-refractivity contribution < 1.29 is 8.42 Å². The van der Waals surface area contributed by atoms with Crippen LogP contribution in [0.4, 0.5) is 0 Å². The van der Waals surface area contributed by atoms with Gasteiger partial charge in [0.15, 0.2) is 5.96 Å². The highest BCUT2D eigenvalue weighted by molar-refractivity contribution is 7.99. The van der Waals surface area contributed by atoms with Gasteiger partial charge in [-0.05, 0) is 31.6 Å². The third-order valence-corrected chi connectivity index (χ3v) is 7.49. The number of hydrogen-bond acceptors (Lipinski definition) is 4. The topological polar surface area (TPSA) is 65.0 Å². The van der Waals surface area contributed by atoms with Crippen LogP contribution in [0.15, 0.2) is 4.99 Å². The van der Waals surface area contributed by atoms with Crippen molar-refractivity contribution in [2.75, 3.05) is 56.5 Å². The number of nitrogens with one attached hydrogen (secondary N) is 1. The molecule has 0 aromatic carbocycles. The van der Waals surface area contributed by atoms with E-state index in [1.54, 1.807) is 4.31 Å². The van der Waals surface area contributed by atoms with Crippen LogP contribution in [0.1, 0.15) is 33.6 Å². The maximum atomic E-state index is 12.4. The van der Waals surface area contributed by atoms with E-state index in [4.69, 9.17) is 0 Å². The molecular formula is C17H34N4O2S2. The summed E-state index contributed by atoms with van der Waals surface area (Å²) in [6.07, 6.45) is 2.45. The highest BCUT2D eigenvalue weighted by atomic mass is 32.2. The third kappa shape index (κ3) is 6.64. The summed E-state index contributed by atoms with van der Waals surface area (Å²) >= 11 is 1.82. The van der Waals surface area contributed by atoms with Crippen LogP contribution in [0.3, 0.4) is 0 Å². The van der Waals surface area contributed by atoms with Gasteiger partial charge in [0, 0.05) is 44.2 Å². The molecule has 0 aromatic rings. The Morgan fingerprint density at radius 1 is 1.28 bits per heavy atom. The Labute approximate surface area is 157 Å². The second kappa shape index (κ2) is 10.0. The minimum atomic E-state index is -3.18. The standard InChI is InChI=1S/C17H34N4O2S2/c1-4-18-17(20-7-5-16(14-20)13-15(2)3)19-6-12-25(22,23)21-8-10-24-11-9-21/h15-16H,4-14H2,1-3H3,(H,18,19). The van der Waals surface area contributed by atoms with Gasteiger partial charge in [0.05, 0.1) is 12.3 Å². The van der Waals surface area contributed by atoms with Gasteiger partial charge in [0.2, 0.25) is 10.0 Å². The van der Waals surface area contributed by atoms with Gasteiger partial charge >= 0.3 is 0 Å². The number of hydrogen-bond donors (Lipinski definition) is 1. The molecule has 2 heterocycles. The molecule has 2 rings (SSSR count). The van der Waals surface area contributed by atoms with Crippen LogP contribution in [0.2, 0.25) is 0 Å². The molecule has 1 unspecified atom stereocenters. The Bertz CT molecular complexity index is 531. The molecule has 0 saturated carbocycles. The lowest BCUT2D eigenvalue weighted by molar-refractivity contribution is 0.403. The van der Waals surface area contributed by atoms with Gasteiger partial charge in [0.25, 0.3) is 0 Å². The molecule has 6 nitrogen and oxygen atoms in total. The molecule has 0 amide bonds. The van der Waals surface area contributed by atoms with E-state index in [9.17, 15) is 8.42 Å². The molecule has 0 spiro atoms. The largest absolute Gasteiger partial charge is 0.357 e. The van der Waals surface area contributed by atoms with E-state index in [0.29, 0.717) is 19.6 Å². The summed E-state index contributed by atoms with van der Waals surface area (Å²) < 4.78 is 26.5. The van der Waals surface area contributed by atoms with Gasteiger partial charge in [-0.15, -0.1) is 0 Å². The number of rotatable bonds is 7. The summed E-state index contributed by atoms with van der Waals surface area (Å²) in [6, 6.07) is 0. The van der Waals surface area contributed by atoms with E-state index in [1.165, 1.54) is 12.8 Å². The molecule has 2 aliphatic heterocycles. The predicted molar refractivity (Wildman–Crippen MR) is 108 cm³/mol. The second-order valence-electron chi connectivity index (χ2n) is 7.29. The van der Waals surface area contributed by atoms with E-state index in [1.807, 2.05) is 11.8 Å². The molecule has 25 heavy (non-hydrogen) atoms. The molecule has 0 aromatic heterocycles. The second-order valence-corrected chi connectivity index (χ2v) is 10.6. The molecule has 8 heteroatoms. The summed E-state index contributed by atoms with van der Waals surface area (Å²) in [5.41, 5.74) is 0. The van der Waals surface area contributed by atoms with Crippen LogP contribution >= 0.6 is 11.8 Å². The van der Waals surface area contributed by atoms with Gasteiger partial charge in [-0.2, -0.15) is 11.8 Å². The van der Waals surface area contributed by atoms with Crippen LogP contribution in [-0.2, 0) is 10.0 Å². The van der Waals surface area contributed by atoms with Crippen molar-refractivity contribution in [1.29, 1.82) is 0 Å². The van der Waals surface area contributed by atoms with E-state index in [0.717, 1.165) is 48.9 Å². The number of nitrogens with zero attached hydrogens (tertiary/aromatic N) is 3. The Morgan fingerprint density at radius 2 is 2.00 bits per heavy atom. The number of likely N-dealkylation sites (tertiary alicyclic amines) is 1. The maximum Gasteiger partial charge on any atom is 0.215 e. The minimum absolute atomic E-state index is 0.107. The zero-order chi connectivity index (χ0) is 18.3. The van der Waals surface area contributed by atoms with Gasteiger partial charge < -0.3 is 10.2 Å². The monoisotopic (exact) mass is 390 g/mol. The molecule has 0 bridgehead atoms. The van der Waals surface area contributed by atoms with E-state index in [2.05, 4.69) is 36.0 Å². The SMILES string of the molecule is CCNC(=NCCS(=O)(=O)N1CCSCC1)N1CCC(CC(C)C)C1. The highest BCUT2D eigenvalue weighted by Gasteiger charge is 2.26. The lowest BCUT2D eigenvalue weighted by Crippen LogP contribution is -2.42. The van der Waals surface area contributed by atoms with Gasteiger partial charge in [0.1, 0.15) is 0 Å². The Morgan fingerprint density at radius 3 is 2.64 bits per heavy atom. The molecule has 2 saturated heterocycles. The first-order chi connectivity index (χ1) is 11.9. The smallest absolute Gasteiger partial charge is 0.215 e. The summed E-state index contributed by atoms with van der Waals surface area (Å²) in [5, 5.41) is 3.33. The van der Waals surface area contributed by atoms with Crippen molar-refractivity contribution in [2.45, 2.75) is 33.6 Å². The molecule has 146 valence electrons. The van der Waals surface area contributed by atoms with Crippen molar-refractivity contribution in [1.82, 2.24) is 14.5 Å². The van der Waals surface area contributed by atoms with E-state index >= 15 is 0 Å². The number of sulfonamides is 1. The van der Waals surface area contributed by atoms with Crippen LogP contribution in [0.5, 0.6) is 0 Å². The van der Waals surface area contributed by atoms with Crippen LogP contribution in [0.25, 0.3) is 0 Å². The zero-order valence-corrected chi connectivity index (χ0v) is 17.5. The molecule has 1 N–H and O–H groups in total. The van der Waals surface area contributed by atoms with Crippen molar-refractivity contribution in [3.8, 4) is 0 Å². The van der Waals surface area contributed by atoms with Gasteiger partial charge in [-0.1, -0.05) is 13.8 Å². The van der Waals surface area contributed by atoms with Crippen LogP contribution in [0, 0.1) is 11.8 Å². The van der Waals surface area contributed by atoms with Crippen molar-refractivity contribution in [3.63, 3.8) is 0 Å². The number of guanidine groups is 1. The normalized spacial score (nSPS) is 23.4. The fraction of sp³-hybridized carbons (Fsp3) is 0.941. The van der Waals surface area contributed by atoms with Crippen LogP contribution in [-0.4, -0.2) is 80.1 Å². The summed E-state index contributed by atoms with van der Waals surface area (Å²) in [4.78, 5) is 6.90. The molecule has 2 aliphatic rings. The third-order valence-electron chi connectivity index (χ3n) is 4.70. The fourth-order valence-corrected chi connectivity index (χ4v) is 5.98. The molecule has 0 radical (unpaired) electrons. The first-order valence-corrected chi connectivity index (χ1v) is 12.3. The minimum Gasteiger partial charge on any atom is -0.357 e. The Hall–Kier alpha value is -0.470. The van der Waals surface area contributed by atoms with E-state index < -0.39 is 10.0 Å². The van der Waals surface area contributed by atoms with Gasteiger partial charge in [-0.25, -0.2) is 12.7 Å². The fourth-order valence-electron chi connectivity index (χ4n) is 3.53. The van der Waals surface area contributed by atoms with Crippen molar-refractivity contribution in [2.24, 2.45) is 16.8 Å². The lowest BCUT2D eigenvalue weighted by atomic mass is 9.97. The van der Waals surface area contributed by atoms with E-state index in [-0.39, 0.29) is 5.75 Å². The van der Waals surface area contributed by atoms with Crippen molar-refractivity contribution >= 4 is 27.7 Å². The highest BCUT2D eigenvalue weighted by Crippen LogP contribution is 2.23.